The first-order valence-corrected chi connectivity index (χ1v) is 9.79. The Hall–Kier alpha value is -3.24. The number of carbonyl (C=O) groups excluding carboxylic acids is 2. The lowest BCUT2D eigenvalue weighted by molar-refractivity contribution is -0.129. The smallest absolute Gasteiger partial charge is 0.337 e. The van der Waals surface area contributed by atoms with Crippen LogP contribution in [0.3, 0.4) is 0 Å². The first-order valence-electron chi connectivity index (χ1n) is 8.57. The van der Waals surface area contributed by atoms with E-state index >= 15 is 0 Å². The van der Waals surface area contributed by atoms with Crippen molar-refractivity contribution in [2.75, 3.05) is 5.32 Å². The monoisotopic (exact) mass is 446 g/mol. The van der Waals surface area contributed by atoms with Crippen molar-refractivity contribution in [3.8, 4) is 5.75 Å². The van der Waals surface area contributed by atoms with Gasteiger partial charge in [-0.05, 0) is 48.9 Å². The maximum absolute atomic E-state index is 13.4. The van der Waals surface area contributed by atoms with E-state index in [1.54, 1.807) is 6.07 Å². The van der Waals surface area contributed by atoms with Crippen molar-refractivity contribution in [2.24, 2.45) is 0 Å². The van der Waals surface area contributed by atoms with Gasteiger partial charge in [0.15, 0.2) is 0 Å². The Labute approximate surface area is 180 Å². The number of carbonyl (C=O) groups is 3. The number of benzene rings is 2. The van der Waals surface area contributed by atoms with Gasteiger partial charge in [0.1, 0.15) is 21.9 Å². The highest BCUT2D eigenvalue weighted by atomic mass is 32.2. The minimum atomic E-state index is -1.34. The zero-order valence-corrected chi connectivity index (χ0v) is 17.1. The molecule has 1 fully saturated rings. The SMILES string of the molecule is C[C@H](C(=O)Nc1ccc(O)cc1C(=O)O)N1C(=O)/C(=C/c2cccc(F)c2)SC1=S. The second-order valence-corrected chi connectivity index (χ2v) is 7.98. The van der Waals surface area contributed by atoms with Crippen LogP contribution >= 0.6 is 24.0 Å². The zero-order valence-electron chi connectivity index (χ0n) is 15.5. The number of phenols is 1. The highest BCUT2D eigenvalue weighted by molar-refractivity contribution is 8.26. The number of halogens is 1. The maximum Gasteiger partial charge on any atom is 0.337 e. The summed E-state index contributed by atoms with van der Waals surface area (Å²) in [6.07, 6.45) is 1.48. The van der Waals surface area contributed by atoms with Crippen molar-refractivity contribution in [1.29, 1.82) is 0 Å². The number of aromatic hydroxyl groups is 1. The molecule has 3 rings (SSSR count). The summed E-state index contributed by atoms with van der Waals surface area (Å²) in [4.78, 5) is 38.1. The molecular weight excluding hydrogens is 431 g/mol. The Morgan fingerprint density at radius 2 is 2.00 bits per heavy atom. The summed E-state index contributed by atoms with van der Waals surface area (Å²) in [5.41, 5.74) is 0.146. The summed E-state index contributed by atoms with van der Waals surface area (Å²) in [6.45, 7) is 1.45. The Balaban J connectivity index is 1.80. The number of hydrogen-bond acceptors (Lipinski definition) is 6. The van der Waals surface area contributed by atoms with Gasteiger partial charge in [-0.25, -0.2) is 9.18 Å². The van der Waals surface area contributed by atoms with Crippen LogP contribution in [0.1, 0.15) is 22.8 Å². The number of anilines is 1. The van der Waals surface area contributed by atoms with Crippen molar-refractivity contribution >= 4 is 57.8 Å². The van der Waals surface area contributed by atoms with Gasteiger partial charge in [-0.2, -0.15) is 0 Å². The number of amides is 2. The largest absolute Gasteiger partial charge is 0.508 e. The molecule has 2 aromatic rings. The van der Waals surface area contributed by atoms with E-state index in [9.17, 15) is 29.0 Å². The zero-order chi connectivity index (χ0) is 22.0. The molecule has 1 saturated heterocycles. The molecule has 0 saturated carbocycles. The van der Waals surface area contributed by atoms with Crippen LogP contribution in [0.2, 0.25) is 0 Å². The molecule has 154 valence electrons. The van der Waals surface area contributed by atoms with E-state index in [2.05, 4.69) is 5.32 Å². The summed E-state index contributed by atoms with van der Waals surface area (Å²) in [5, 5.41) is 21.2. The van der Waals surface area contributed by atoms with E-state index < -0.39 is 29.6 Å². The quantitative estimate of drug-likeness (QED) is 0.367. The summed E-state index contributed by atoms with van der Waals surface area (Å²) < 4.78 is 13.5. The van der Waals surface area contributed by atoms with Gasteiger partial charge >= 0.3 is 5.97 Å². The van der Waals surface area contributed by atoms with Crippen molar-refractivity contribution in [1.82, 2.24) is 4.90 Å². The van der Waals surface area contributed by atoms with Gasteiger partial charge in [-0.1, -0.05) is 36.1 Å². The van der Waals surface area contributed by atoms with Gasteiger partial charge in [0, 0.05) is 0 Å². The van der Waals surface area contributed by atoms with E-state index in [-0.39, 0.29) is 26.2 Å². The summed E-state index contributed by atoms with van der Waals surface area (Å²) in [5.74, 6) is -3.22. The van der Waals surface area contributed by atoms with Crippen LogP contribution in [0.15, 0.2) is 47.4 Å². The fraction of sp³-hybridized carbons (Fsp3) is 0.100. The molecule has 0 spiro atoms. The van der Waals surface area contributed by atoms with Gasteiger partial charge in [0.2, 0.25) is 5.91 Å². The topological polar surface area (TPSA) is 107 Å². The number of hydrogen-bond donors (Lipinski definition) is 3. The molecule has 10 heteroatoms. The average Bonchev–Trinajstić information content (AvgIpc) is 2.95. The standard InChI is InChI=1S/C20H15FN2O5S2/c1-10(17(25)22-15-6-5-13(24)9-14(15)19(27)28)23-18(26)16(30-20(23)29)8-11-3-2-4-12(21)7-11/h2-10,24H,1H3,(H,22,25)(H,27,28)/b16-8-/t10-/m1/s1. The van der Waals surface area contributed by atoms with Crippen LogP contribution in [0.5, 0.6) is 5.75 Å². The normalized spacial score (nSPS) is 16.1. The minimum Gasteiger partial charge on any atom is -0.508 e. The third-order valence-corrected chi connectivity index (χ3v) is 5.56. The molecule has 3 N–H and O–H groups in total. The third-order valence-electron chi connectivity index (χ3n) is 4.23. The van der Waals surface area contributed by atoms with E-state index in [4.69, 9.17) is 12.2 Å². The fourth-order valence-electron chi connectivity index (χ4n) is 2.73. The Kier molecular flexibility index (Phi) is 6.18. The molecule has 1 aliphatic heterocycles. The third kappa shape index (κ3) is 4.50. The number of nitrogens with one attached hydrogen (secondary N) is 1. The van der Waals surface area contributed by atoms with Crippen LogP contribution in [0.25, 0.3) is 6.08 Å². The number of phenolic OH excluding ortho intramolecular Hbond substituents is 1. The number of carboxylic acids is 1. The molecule has 7 nitrogen and oxygen atoms in total. The molecule has 0 unspecified atom stereocenters. The lowest BCUT2D eigenvalue weighted by Crippen LogP contribution is -2.44. The van der Waals surface area contributed by atoms with E-state index in [1.165, 1.54) is 43.3 Å². The number of nitrogens with zero attached hydrogens (tertiary/aromatic N) is 1. The minimum absolute atomic E-state index is 0.0297. The van der Waals surface area contributed by atoms with Gasteiger partial charge in [0.25, 0.3) is 5.91 Å². The van der Waals surface area contributed by atoms with Crippen LogP contribution in [0.4, 0.5) is 10.1 Å². The summed E-state index contributed by atoms with van der Waals surface area (Å²) in [7, 11) is 0. The molecule has 0 bridgehead atoms. The van der Waals surface area contributed by atoms with Gasteiger partial charge in [-0.15, -0.1) is 0 Å². The predicted molar refractivity (Wildman–Crippen MR) is 115 cm³/mol. The molecule has 30 heavy (non-hydrogen) atoms. The number of thiocarbonyl (C=S) groups is 1. The molecule has 1 heterocycles. The van der Waals surface area contributed by atoms with Crippen molar-refractivity contribution in [2.45, 2.75) is 13.0 Å². The molecule has 2 amide bonds. The first-order chi connectivity index (χ1) is 14.2. The van der Waals surface area contributed by atoms with Crippen molar-refractivity contribution in [3.63, 3.8) is 0 Å². The number of aromatic carboxylic acids is 1. The predicted octanol–water partition coefficient (Wildman–Crippen LogP) is 3.46. The number of rotatable bonds is 5. The lowest BCUT2D eigenvalue weighted by atomic mass is 10.1. The van der Waals surface area contributed by atoms with E-state index in [1.807, 2.05) is 0 Å². The highest BCUT2D eigenvalue weighted by Crippen LogP contribution is 2.34. The Morgan fingerprint density at radius 3 is 2.67 bits per heavy atom. The van der Waals surface area contributed by atoms with E-state index in [0.29, 0.717) is 5.56 Å². The van der Waals surface area contributed by atoms with Gasteiger partial charge in [-0.3, -0.25) is 14.5 Å². The second kappa shape index (κ2) is 8.64. The van der Waals surface area contributed by atoms with Crippen LogP contribution in [0, 0.1) is 5.82 Å². The second-order valence-electron chi connectivity index (χ2n) is 6.31. The van der Waals surface area contributed by atoms with E-state index in [0.717, 1.165) is 22.7 Å². The summed E-state index contributed by atoms with van der Waals surface area (Å²) in [6, 6.07) is 8.13. The molecule has 0 aliphatic carbocycles. The fourth-order valence-corrected chi connectivity index (χ4v) is 4.15. The lowest BCUT2D eigenvalue weighted by Gasteiger charge is -2.22. The number of thioether (sulfide) groups is 1. The van der Waals surface area contributed by atoms with Crippen molar-refractivity contribution < 1.29 is 29.0 Å². The molecule has 2 aromatic carbocycles. The van der Waals surface area contributed by atoms with Gasteiger partial charge < -0.3 is 15.5 Å². The van der Waals surface area contributed by atoms with Crippen LogP contribution < -0.4 is 5.32 Å². The molecule has 0 aromatic heterocycles. The average molecular weight is 446 g/mol. The Morgan fingerprint density at radius 1 is 1.27 bits per heavy atom. The Bertz CT molecular complexity index is 1100. The first kappa shape index (κ1) is 21.5. The van der Waals surface area contributed by atoms with Crippen LogP contribution in [-0.2, 0) is 9.59 Å². The number of carboxylic acid groups (broad SMARTS) is 1. The van der Waals surface area contributed by atoms with Crippen molar-refractivity contribution in [3.05, 3.63) is 64.3 Å². The highest BCUT2D eigenvalue weighted by Gasteiger charge is 2.38. The van der Waals surface area contributed by atoms with Gasteiger partial charge in [0.05, 0.1) is 16.2 Å². The molecule has 1 atom stereocenters. The van der Waals surface area contributed by atoms with Crippen LogP contribution in [-0.4, -0.2) is 43.3 Å². The maximum atomic E-state index is 13.4. The molecular formula is C20H15FN2O5S2. The molecule has 0 radical (unpaired) electrons. The summed E-state index contributed by atoms with van der Waals surface area (Å²) >= 11 is 6.21. The molecule has 1 aliphatic rings.